The Balaban J connectivity index is 2.07. The number of nitrogens with zero attached hydrogens (tertiary/aromatic N) is 3. The van der Waals surface area contributed by atoms with Crippen LogP contribution >= 0.6 is 12.6 Å². The number of benzene rings is 1. The molecule has 2 N–H and O–H groups in total. The van der Waals surface area contributed by atoms with Crippen molar-refractivity contribution in [1.82, 2.24) is 14.9 Å². The first-order chi connectivity index (χ1) is 9.54. The molecule has 6 nitrogen and oxygen atoms in total. The van der Waals surface area contributed by atoms with Gasteiger partial charge in [-0.3, -0.25) is 0 Å². The van der Waals surface area contributed by atoms with Crippen LogP contribution in [0, 0.1) is 0 Å². The lowest BCUT2D eigenvalue weighted by molar-refractivity contribution is 0.0697. The SMILES string of the molecule is CN1CCN(c2cc3[nH]c(S)nc3cc2C(=O)O)CC1. The number of aromatic nitrogens is 2. The number of H-pyrrole nitrogens is 1. The Morgan fingerprint density at radius 2 is 2.05 bits per heavy atom. The highest BCUT2D eigenvalue weighted by Crippen LogP contribution is 2.27. The first-order valence-corrected chi connectivity index (χ1v) is 6.89. The molecule has 1 saturated heterocycles. The zero-order valence-electron chi connectivity index (χ0n) is 11.1. The zero-order chi connectivity index (χ0) is 14.3. The summed E-state index contributed by atoms with van der Waals surface area (Å²) in [5, 5.41) is 9.91. The first-order valence-electron chi connectivity index (χ1n) is 6.44. The molecule has 2 heterocycles. The number of aromatic carboxylic acids is 1. The van der Waals surface area contributed by atoms with Crippen molar-refractivity contribution >= 4 is 35.3 Å². The van der Waals surface area contributed by atoms with Gasteiger partial charge in [-0.2, -0.15) is 0 Å². The van der Waals surface area contributed by atoms with Crippen molar-refractivity contribution in [1.29, 1.82) is 0 Å². The standard InChI is InChI=1S/C13H16N4O2S/c1-16-2-4-17(5-3-16)11-7-10-9(14-13(20)15-10)6-8(11)12(18)19/h6-7H,2-5H2,1H3,(H,18,19)(H2,14,15,20). The Bertz CT molecular complexity index is 662. The molecule has 106 valence electrons. The molecule has 2 aromatic rings. The normalized spacial score (nSPS) is 16.8. The minimum absolute atomic E-state index is 0.293. The van der Waals surface area contributed by atoms with Crippen molar-refractivity contribution in [3.8, 4) is 0 Å². The molecule has 1 aliphatic heterocycles. The zero-order valence-corrected chi connectivity index (χ0v) is 12.0. The van der Waals surface area contributed by atoms with Crippen molar-refractivity contribution in [3.63, 3.8) is 0 Å². The highest BCUT2D eigenvalue weighted by atomic mass is 32.1. The van der Waals surface area contributed by atoms with Gasteiger partial charge in [0.15, 0.2) is 5.16 Å². The highest BCUT2D eigenvalue weighted by molar-refractivity contribution is 7.80. The number of anilines is 1. The molecule has 0 spiro atoms. The van der Waals surface area contributed by atoms with Crippen molar-refractivity contribution < 1.29 is 9.90 Å². The molecule has 7 heteroatoms. The van der Waals surface area contributed by atoms with Crippen LogP contribution in [0.4, 0.5) is 5.69 Å². The number of piperazine rings is 1. The maximum absolute atomic E-state index is 11.5. The fourth-order valence-corrected chi connectivity index (χ4v) is 2.74. The summed E-state index contributed by atoms with van der Waals surface area (Å²) in [5.41, 5.74) is 2.48. The molecular formula is C13H16N4O2S. The first kappa shape index (κ1) is 13.3. The number of imidazole rings is 1. The third kappa shape index (κ3) is 2.34. The predicted octanol–water partition coefficient (Wildman–Crippen LogP) is 1.30. The Labute approximate surface area is 121 Å². The highest BCUT2D eigenvalue weighted by Gasteiger charge is 2.21. The van der Waals surface area contributed by atoms with E-state index in [4.69, 9.17) is 0 Å². The van der Waals surface area contributed by atoms with Gasteiger partial charge in [-0.05, 0) is 19.2 Å². The van der Waals surface area contributed by atoms with E-state index in [0.29, 0.717) is 16.2 Å². The van der Waals surface area contributed by atoms with E-state index < -0.39 is 5.97 Å². The van der Waals surface area contributed by atoms with Gasteiger partial charge in [-0.25, -0.2) is 9.78 Å². The predicted molar refractivity (Wildman–Crippen MR) is 80.0 cm³/mol. The van der Waals surface area contributed by atoms with E-state index in [9.17, 15) is 9.90 Å². The third-order valence-corrected chi connectivity index (χ3v) is 3.87. The van der Waals surface area contributed by atoms with Crippen molar-refractivity contribution in [2.45, 2.75) is 5.16 Å². The summed E-state index contributed by atoms with van der Waals surface area (Å²) in [6.07, 6.45) is 0. The minimum atomic E-state index is -0.926. The van der Waals surface area contributed by atoms with Crippen molar-refractivity contribution in [3.05, 3.63) is 17.7 Å². The maximum atomic E-state index is 11.5. The van der Waals surface area contributed by atoms with Crippen LogP contribution in [0.15, 0.2) is 17.3 Å². The number of carboxylic acids is 1. The molecule has 0 atom stereocenters. The summed E-state index contributed by atoms with van der Waals surface area (Å²) < 4.78 is 0. The second-order valence-corrected chi connectivity index (χ2v) is 5.47. The second kappa shape index (κ2) is 4.99. The van der Waals surface area contributed by atoms with E-state index in [1.165, 1.54) is 0 Å². The monoisotopic (exact) mass is 292 g/mol. The smallest absolute Gasteiger partial charge is 0.337 e. The molecular weight excluding hydrogens is 276 g/mol. The van der Waals surface area contributed by atoms with E-state index in [1.807, 2.05) is 6.07 Å². The summed E-state index contributed by atoms with van der Waals surface area (Å²) in [5.74, 6) is -0.926. The van der Waals surface area contributed by atoms with Crippen LogP contribution < -0.4 is 4.90 Å². The van der Waals surface area contributed by atoms with Crippen LogP contribution in [0.5, 0.6) is 0 Å². The average molecular weight is 292 g/mol. The topological polar surface area (TPSA) is 72.5 Å². The van der Waals surface area contributed by atoms with Gasteiger partial charge >= 0.3 is 5.97 Å². The van der Waals surface area contributed by atoms with Gasteiger partial charge in [0.05, 0.1) is 22.3 Å². The van der Waals surface area contributed by atoms with E-state index in [0.717, 1.165) is 37.4 Å². The Kier molecular flexibility index (Phi) is 3.31. The number of rotatable bonds is 2. The number of hydrogen-bond acceptors (Lipinski definition) is 5. The van der Waals surface area contributed by atoms with E-state index in [-0.39, 0.29) is 0 Å². The van der Waals surface area contributed by atoms with E-state index in [1.54, 1.807) is 6.07 Å². The number of likely N-dealkylation sites (N-methyl/N-ethyl adjacent to an activating group) is 1. The Morgan fingerprint density at radius 1 is 1.35 bits per heavy atom. The van der Waals surface area contributed by atoms with Gasteiger partial charge in [-0.15, -0.1) is 12.6 Å². The number of carboxylic acid groups (broad SMARTS) is 1. The number of carbonyl (C=O) groups is 1. The van der Waals surface area contributed by atoms with Crippen LogP contribution in [-0.2, 0) is 0 Å². The number of hydrogen-bond donors (Lipinski definition) is 3. The second-order valence-electron chi connectivity index (χ2n) is 5.04. The van der Waals surface area contributed by atoms with E-state index >= 15 is 0 Å². The molecule has 1 aromatic carbocycles. The molecule has 0 aliphatic carbocycles. The lowest BCUT2D eigenvalue weighted by Gasteiger charge is -2.34. The summed E-state index contributed by atoms with van der Waals surface area (Å²) in [6, 6.07) is 3.47. The van der Waals surface area contributed by atoms with Crippen LogP contribution in [0.25, 0.3) is 11.0 Å². The molecule has 0 radical (unpaired) electrons. The van der Waals surface area contributed by atoms with Gasteiger partial charge in [0.1, 0.15) is 0 Å². The molecule has 20 heavy (non-hydrogen) atoms. The Morgan fingerprint density at radius 3 is 2.70 bits per heavy atom. The quantitative estimate of drug-likeness (QED) is 0.728. The molecule has 3 rings (SSSR count). The number of thiol groups is 1. The molecule has 0 unspecified atom stereocenters. The van der Waals surface area contributed by atoms with Gasteiger partial charge < -0.3 is 19.9 Å². The largest absolute Gasteiger partial charge is 0.478 e. The molecule has 1 aromatic heterocycles. The molecule has 0 amide bonds. The van der Waals surface area contributed by atoms with Crippen molar-refractivity contribution in [2.24, 2.45) is 0 Å². The maximum Gasteiger partial charge on any atom is 0.337 e. The average Bonchev–Trinajstić information content (AvgIpc) is 2.77. The third-order valence-electron chi connectivity index (χ3n) is 3.66. The summed E-state index contributed by atoms with van der Waals surface area (Å²) in [4.78, 5) is 23.0. The lowest BCUT2D eigenvalue weighted by Crippen LogP contribution is -2.45. The molecule has 1 aliphatic rings. The van der Waals surface area contributed by atoms with Crippen molar-refractivity contribution in [2.75, 3.05) is 38.1 Å². The number of fused-ring (bicyclic) bond motifs is 1. The van der Waals surface area contributed by atoms with Crippen LogP contribution in [-0.4, -0.2) is 59.2 Å². The lowest BCUT2D eigenvalue weighted by atomic mass is 10.1. The summed E-state index contributed by atoms with van der Waals surface area (Å²) in [7, 11) is 2.07. The number of nitrogens with one attached hydrogen (secondary N) is 1. The fraction of sp³-hybridized carbons (Fsp3) is 0.385. The fourth-order valence-electron chi connectivity index (χ4n) is 2.51. The van der Waals surface area contributed by atoms with Gasteiger partial charge in [-0.1, -0.05) is 0 Å². The van der Waals surface area contributed by atoms with Crippen LogP contribution in [0.3, 0.4) is 0 Å². The molecule has 0 bridgehead atoms. The van der Waals surface area contributed by atoms with Crippen LogP contribution in [0.2, 0.25) is 0 Å². The molecule has 1 fully saturated rings. The summed E-state index contributed by atoms with van der Waals surface area (Å²) >= 11 is 4.17. The summed E-state index contributed by atoms with van der Waals surface area (Å²) in [6.45, 7) is 3.50. The van der Waals surface area contributed by atoms with Gasteiger partial charge in [0.25, 0.3) is 0 Å². The molecule has 0 saturated carbocycles. The van der Waals surface area contributed by atoms with Gasteiger partial charge in [0, 0.05) is 26.2 Å². The Hall–Kier alpha value is -1.73. The minimum Gasteiger partial charge on any atom is -0.478 e. The van der Waals surface area contributed by atoms with Gasteiger partial charge in [0.2, 0.25) is 0 Å². The van der Waals surface area contributed by atoms with Crippen LogP contribution in [0.1, 0.15) is 10.4 Å². The number of aromatic amines is 1. The van der Waals surface area contributed by atoms with E-state index in [2.05, 4.69) is 39.4 Å².